The second-order valence-electron chi connectivity index (χ2n) is 3.78. The molecule has 0 aliphatic rings. The third-order valence-corrected chi connectivity index (χ3v) is 3.43. The zero-order chi connectivity index (χ0) is 12.5. The Balaban J connectivity index is 2.00. The third kappa shape index (κ3) is 1.82. The minimum Gasteiger partial charge on any atom is -0.506 e. The maximum atomic E-state index is 9.39. The summed E-state index contributed by atoms with van der Waals surface area (Å²) in [5, 5.41) is 19.0. The minimum absolute atomic E-state index is 0.0859. The van der Waals surface area contributed by atoms with Gasteiger partial charge >= 0.3 is 0 Å². The highest BCUT2D eigenvalue weighted by molar-refractivity contribution is 7.13. The average molecular weight is 258 g/mol. The van der Waals surface area contributed by atoms with Gasteiger partial charge in [0.1, 0.15) is 10.8 Å². The monoisotopic (exact) mass is 258 g/mol. The molecule has 3 rings (SSSR count). The second-order valence-corrected chi connectivity index (χ2v) is 4.64. The molecule has 0 saturated carbocycles. The zero-order valence-electron chi connectivity index (χ0n) is 9.29. The molecular weight excluding hydrogens is 248 g/mol. The van der Waals surface area contributed by atoms with E-state index in [1.54, 1.807) is 24.4 Å². The molecule has 5 nitrogen and oxygen atoms in total. The molecule has 3 aromatic rings. The Morgan fingerprint density at radius 1 is 1.28 bits per heavy atom. The molecule has 0 spiro atoms. The summed E-state index contributed by atoms with van der Waals surface area (Å²) in [6, 6.07) is 6.94. The standard InChI is InChI=1S/C12H10N4OS/c13-8-5-7(1-2-11(8)17)10-6-18-12(15-10)9-3-4-14-16-9/h1-6,17H,13H2,(H,14,16). The van der Waals surface area contributed by atoms with Crippen molar-refractivity contribution in [3.05, 3.63) is 35.8 Å². The van der Waals surface area contributed by atoms with E-state index in [1.807, 2.05) is 11.4 Å². The summed E-state index contributed by atoms with van der Waals surface area (Å²) in [5.41, 5.74) is 8.62. The van der Waals surface area contributed by atoms with Crippen LogP contribution >= 0.6 is 11.3 Å². The first kappa shape index (κ1) is 10.8. The van der Waals surface area contributed by atoms with Gasteiger partial charge in [-0.2, -0.15) is 5.10 Å². The van der Waals surface area contributed by atoms with Crippen LogP contribution in [0, 0.1) is 0 Å². The van der Waals surface area contributed by atoms with Gasteiger partial charge in [-0.25, -0.2) is 4.98 Å². The zero-order valence-corrected chi connectivity index (χ0v) is 10.1. The van der Waals surface area contributed by atoms with Crippen molar-refractivity contribution in [3.63, 3.8) is 0 Å². The van der Waals surface area contributed by atoms with Crippen LogP contribution in [0.4, 0.5) is 5.69 Å². The number of phenolic OH excluding ortho intramolecular Hbond substituents is 1. The van der Waals surface area contributed by atoms with Gasteiger partial charge in [-0.1, -0.05) is 0 Å². The summed E-state index contributed by atoms with van der Waals surface area (Å²) in [6.45, 7) is 0. The second kappa shape index (κ2) is 4.15. The Labute approximate surface area is 107 Å². The molecule has 18 heavy (non-hydrogen) atoms. The lowest BCUT2D eigenvalue weighted by molar-refractivity contribution is 0.478. The SMILES string of the molecule is Nc1cc(-c2csc(-c3ccn[nH]3)n2)ccc1O. The van der Waals surface area contributed by atoms with Crippen LogP contribution in [0.15, 0.2) is 35.8 Å². The van der Waals surface area contributed by atoms with Gasteiger partial charge in [0.25, 0.3) is 0 Å². The van der Waals surface area contributed by atoms with E-state index in [-0.39, 0.29) is 5.75 Å². The van der Waals surface area contributed by atoms with Crippen LogP contribution in [0.25, 0.3) is 22.0 Å². The normalized spacial score (nSPS) is 10.7. The van der Waals surface area contributed by atoms with E-state index in [2.05, 4.69) is 15.2 Å². The van der Waals surface area contributed by atoms with E-state index in [1.165, 1.54) is 11.3 Å². The molecule has 0 atom stereocenters. The molecule has 90 valence electrons. The van der Waals surface area contributed by atoms with Crippen LogP contribution in [0.1, 0.15) is 0 Å². The number of aromatic amines is 1. The number of nitrogen functional groups attached to an aromatic ring is 1. The van der Waals surface area contributed by atoms with Gasteiger partial charge in [0.2, 0.25) is 0 Å². The fourth-order valence-corrected chi connectivity index (χ4v) is 2.42. The quantitative estimate of drug-likeness (QED) is 0.486. The summed E-state index contributed by atoms with van der Waals surface area (Å²) >= 11 is 1.53. The van der Waals surface area contributed by atoms with Crippen LogP contribution in [0.3, 0.4) is 0 Å². The van der Waals surface area contributed by atoms with E-state index in [4.69, 9.17) is 5.73 Å². The Kier molecular flexibility index (Phi) is 2.49. The van der Waals surface area contributed by atoms with Gasteiger partial charge in [-0.15, -0.1) is 11.3 Å². The topological polar surface area (TPSA) is 87.8 Å². The number of benzene rings is 1. The summed E-state index contributed by atoms with van der Waals surface area (Å²) < 4.78 is 0. The van der Waals surface area contributed by atoms with E-state index in [9.17, 15) is 5.11 Å². The van der Waals surface area contributed by atoms with Gasteiger partial charge in [0, 0.05) is 17.1 Å². The van der Waals surface area contributed by atoms with Gasteiger partial charge in [-0.05, 0) is 24.3 Å². The van der Waals surface area contributed by atoms with Crippen LogP contribution in [-0.2, 0) is 0 Å². The molecule has 2 aromatic heterocycles. The average Bonchev–Trinajstić information content (AvgIpc) is 3.01. The van der Waals surface area contributed by atoms with Crippen LogP contribution < -0.4 is 5.73 Å². The Bertz CT molecular complexity index is 675. The predicted octanol–water partition coefficient (Wildman–Crippen LogP) is 2.49. The smallest absolute Gasteiger partial charge is 0.141 e. The number of aromatic nitrogens is 3. The van der Waals surface area contributed by atoms with Gasteiger partial charge in [0.15, 0.2) is 0 Å². The summed E-state index contributed by atoms with van der Waals surface area (Å²) in [6.07, 6.45) is 1.69. The number of thiazole rings is 1. The summed E-state index contributed by atoms with van der Waals surface area (Å²) in [7, 11) is 0. The maximum Gasteiger partial charge on any atom is 0.141 e. The highest BCUT2D eigenvalue weighted by Gasteiger charge is 2.08. The fraction of sp³-hybridized carbons (Fsp3) is 0. The van der Waals surface area contributed by atoms with Gasteiger partial charge < -0.3 is 10.8 Å². The largest absolute Gasteiger partial charge is 0.506 e. The van der Waals surface area contributed by atoms with Crippen molar-refractivity contribution in [2.75, 3.05) is 5.73 Å². The predicted molar refractivity (Wildman–Crippen MR) is 71.2 cm³/mol. The number of aromatic hydroxyl groups is 1. The maximum absolute atomic E-state index is 9.39. The Morgan fingerprint density at radius 3 is 2.89 bits per heavy atom. The lowest BCUT2D eigenvalue weighted by atomic mass is 10.1. The van der Waals surface area contributed by atoms with Gasteiger partial charge in [0.05, 0.1) is 17.1 Å². The third-order valence-electron chi connectivity index (χ3n) is 2.56. The number of nitrogens with two attached hydrogens (primary N) is 1. The van der Waals surface area contributed by atoms with Crippen molar-refractivity contribution < 1.29 is 5.11 Å². The van der Waals surface area contributed by atoms with Crippen molar-refractivity contribution in [1.29, 1.82) is 0 Å². The van der Waals surface area contributed by atoms with E-state index < -0.39 is 0 Å². The van der Waals surface area contributed by atoms with Crippen molar-refractivity contribution in [1.82, 2.24) is 15.2 Å². The first-order valence-electron chi connectivity index (χ1n) is 5.28. The number of nitrogens with zero attached hydrogens (tertiary/aromatic N) is 2. The van der Waals surface area contributed by atoms with Crippen molar-refractivity contribution in [3.8, 4) is 27.7 Å². The highest BCUT2D eigenvalue weighted by atomic mass is 32.1. The number of anilines is 1. The highest BCUT2D eigenvalue weighted by Crippen LogP contribution is 2.30. The number of nitrogens with one attached hydrogen (secondary N) is 1. The Hall–Kier alpha value is -2.34. The number of hydrogen-bond acceptors (Lipinski definition) is 5. The molecule has 0 bridgehead atoms. The lowest BCUT2D eigenvalue weighted by Crippen LogP contribution is -1.87. The lowest BCUT2D eigenvalue weighted by Gasteiger charge is -2.01. The summed E-state index contributed by atoms with van der Waals surface area (Å²) in [4.78, 5) is 4.50. The number of rotatable bonds is 2. The number of hydrogen-bond donors (Lipinski definition) is 3. The number of phenols is 1. The van der Waals surface area contributed by atoms with E-state index >= 15 is 0 Å². The van der Waals surface area contributed by atoms with Crippen LogP contribution in [-0.4, -0.2) is 20.3 Å². The number of H-pyrrole nitrogens is 1. The van der Waals surface area contributed by atoms with Crippen molar-refractivity contribution >= 4 is 17.0 Å². The van der Waals surface area contributed by atoms with Crippen LogP contribution in [0.2, 0.25) is 0 Å². The van der Waals surface area contributed by atoms with Crippen molar-refractivity contribution in [2.24, 2.45) is 0 Å². The molecule has 0 amide bonds. The Morgan fingerprint density at radius 2 is 2.17 bits per heavy atom. The molecule has 0 unspecified atom stereocenters. The molecule has 0 aliphatic carbocycles. The molecule has 1 aromatic carbocycles. The van der Waals surface area contributed by atoms with Crippen LogP contribution in [0.5, 0.6) is 5.75 Å². The molecule has 2 heterocycles. The van der Waals surface area contributed by atoms with E-state index in [0.29, 0.717) is 5.69 Å². The molecule has 0 aliphatic heterocycles. The molecule has 4 N–H and O–H groups in total. The van der Waals surface area contributed by atoms with Gasteiger partial charge in [-0.3, -0.25) is 5.10 Å². The molecule has 6 heteroatoms. The molecule has 0 saturated heterocycles. The first-order chi connectivity index (χ1) is 8.74. The minimum atomic E-state index is 0.0859. The van der Waals surface area contributed by atoms with E-state index in [0.717, 1.165) is 22.0 Å². The summed E-state index contributed by atoms with van der Waals surface area (Å²) in [5.74, 6) is 0.0859. The fourth-order valence-electron chi connectivity index (χ4n) is 1.62. The molecular formula is C12H10N4OS. The molecule has 0 radical (unpaired) electrons. The molecule has 0 fully saturated rings. The first-order valence-corrected chi connectivity index (χ1v) is 6.16. The van der Waals surface area contributed by atoms with Crippen molar-refractivity contribution in [2.45, 2.75) is 0 Å².